The van der Waals surface area contributed by atoms with Gasteiger partial charge in [0, 0.05) is 44.5 Å². The van der Waals surface area contributed by atoms with Gasteiger partial charge in [-0.1, -0.05) is 0 Å². The van der Waals surface area contributed by atoms with Gasteiger partial charge in [-0.3, -0.25) is 10.00 Å². The van der Waals surface area contributed by atoms with Gasteiger partial charge in [0.2, 0.25) is 0 Å². The molecule has 0 amide bonds. The lowest BCUT2D eigenvalue weighted by atomic mass is 10.1. The van der Waals surface area contributed by atoms with Gasteiger partial charge in [-0.15, -0.1) is 0 Å². The second kappa shape index (κ2) is 6.40. The van der Waals surface area contributed by atoms with Crippen LogP contribution < -0.4 is 4.90 Å². The van der Waals surface area contributed by atoms with E-state index >= 15 is 0 Å². The lowest BCUT2D eigenvalue weighted by molar-refractivity contribution is 0.246. The van der Waals surface area contributed by atoms with Crippen LogP contribution in [0.4, 0.5) is 14.6 Å². The van der Waals surface area contributed by atoms with Crippen molar-refractivity contribution < 1.29 is 8.78 Å². The van der Waals surface area contributed by atoms with Gasteiger partial charge < -0.3 is 4.90 Å². The van der Waals surface area contributed by atoms with Crippen molar-refractivity contribution in [1.29, 1.82) is 0 Å². The van der Waals surface area contributed by atoms with Gasteiger partial charge in [0.05, 0.1) is 16.6 Å². The van der Waals surface area contributed by atoms with Crippen molar-refractivity contribution in [3.05, 3.63) is 53.4 Å². The van der Waals surface area contributed by atoms with E-state index in [4.69, 9.17) is 0 Å². The standard InChI is InChI=1S/C18H19F2N5/c1-12-17-16(23-22-12)4-5-21-18(17)25-8-6-24(7-9-25)11-13-10-14(19)2-3-15(13)20/h2-5,10H,6-9,11H2,1H3,(H,22,23). The molecule has 0 bridgehead atoms. The highest BCUT2D eigenvalue weighted by molar-refractivity contribution is 5.91. The van der Waals surface area contributed by atoms with Crippen LogP contribution in [0, 0.1) is 18.6 Å². The molecule has 1 N–H and O–H groups in total. The first-order valence-electron chi connectivity index (χ1n) is 8.33. The number of anilines is 1. The molecule has 4 rings (SSSR count). The zero-order valence-corrected chi connectivity index (χ0v) is 14.0. The van der Waals surface area contributed by atoms with Crippen molar-refractivity contribution in [3.8, 4) is 0 Å². The molecule has 0 aliphatic carbocycles. The van der Waals surface area contributed by atoms with E-state index in [0.29, 0.717) is 12.1 Å². The van der Waals surface area contributed by atoms with Gasteiger partial charge in [0.15, 0.2) is 0 Å². The largest absolute Gasteiger partial charge is 0.353 e. The number of aromatic nitrogens is 3. The number of rotatable bonds is 3. The van der Waals surface area contributed by atoms with Gasteiger partial charge in [0.25, 0.3) is 0 Å². The summed E-state index contributed by atoms with van der Waals surface area (Å²) in [7, 11) is 0. The van der Waals surface area contributed by atoms with E-state index in [1.807, 2.05) is 13.0 Å². The summed E-state index contributed by atoms with van der Waals surface area (Å²) in [6.45, 7) is 5.49. The molecule has 5 nitrogen and oxygen atoms in total. The fraction of sp³-hybridized carbons (Fsp3) is 0.333. The fourth-order valence-corrected chi connectivity index (χ4v) is 3.36. The van der Waals surface area contributed by atoms with E-state index in [1.54, 1.807) is 6.20 Å². The topological polar surface area (TPSA) is 48.1 Å². The number of nitrogens with zero attached hydrogens (tertiary/aromatic N) is 4. The minimum atomic E-state index is -0.402. The Morgan fingerprint density at radius 3 is 2.72 bits per heavy atom. The summed E-state index contributed by atoms with van der Waals surface area (Å²) in [5.74, 6) is 0.172. The number of H-pyrrole nitrogens is 1. The summed E-state index contributed by atoms with van der Waals surface area (Å²) >= 11 is 0. The highest BCUT2D eigenvalue weighted by Gasteiger charge is 2.22. The number of hydrogen-bond acceptors (Lipinski definition) is 4. The third kappa shape index (κ3) is 3.07. The van der Waals surface area contributed by atoms with E-state index in [-0.39, 0.29) is 5.82 Å². The maximum absolute atomic E-state index is 13.8. The Kier molecular flexibility index (Phi) is 4.09. The Labute approximate surface area is 144 Å². The van der Waals surface area contributed by atoms with Gasteiger partial charge in [-0.25, -0.2) is 13.8 Å². The normalized spacial score (nSPS) is 15.9. The van der Waals surface area contributed by atoms with Crippen LogP contribution in [-0.2, 0) is 6.54 Å². The predicted molar refractivity (Wildman–Crippen MR) is 92.5 cm³/mol. The molecule has 0 unspecified atom stereocenters. The molecule has 1 aliphatic heterocycles. The molecule has 0 radical (unpaired) electrons. The fourth-order valence-electron chi connectivity index (χ4n) is 3.36. The zero-order valence-electron chi connectivity index (χ0n) is 14.0. The molecule has 1 fully saturated rings. The van der Waals surface area contributed by atoms with E-state index < -0.39 is 5.82 Å². The van der Waals surface area contributed by atoms with Crippen molar-refractivity contribution >= 4 is 16.7 Å². The second-order valence-corrected chi connectivity index (χ2v) is 6.37. The van der Waals surface area contributed by atoms with Crippen LogP contribution in [0.25, 0.3) is 10.9 Å². The van der Waals surface area contributed by atoms with Crippen LogP contribution in [0.15, 0.2) is 30.5 Å². The number of halogens is 2. The summed E-state index contributed by atoms with van der Waals surface area (Å²) in [6, 6.07) is 5.53. The molecule has 2 aromatic heterocycles. The molecule has 25 heavy (non-hydrogen) atoms. The Morgan fingerprint density at radius 1 is 1.12 bits per heavy atom. The van der Waals surface area contributed by atoms with Gasteiger partial charge in [-0.05, 0) is 31.2 Å². The minimum absolute atomic E-state index is 0.357. The van der Waals surface area contributed by atoms with Gasteiger partial charge >= 0.3 is 0 Å². The molecule has 0 saturated carbocycles. The quantitative estimate of drug-likeness (QED) is 0.794. The number of piperazine rings is 1. The third-order valence-electron chi connectivity index (χ3n) is 4.71. The Balaban J connectivity index is 1.48. The maximum Gasteiger partial charge on any atom is 0.139 e. The van der Waals surface area contributed by atoms with Crippen molar-refractivity contribution in [2.75, 3.05) is 31.1 Å². The van der Waals surface area contributed by atoms with Crippen molar-refractivity contribution in [3.63, 3.8) is 0 Å². The number of nitrogens with one attached hydrogen (secondary N) is 1. The first kappa shape index (κ1) is 16.0. The van der Waals surface area contributed by atoms with E-state index in [9.17, 15) is 8.78 Å². The number of hydrogen-bond donors (Lipinski definition) is 1. The summed E-state index contributed by atoms with van der Waals surface area (Å²) in [5.41, 5.74) is 2.31. The first-order valence-corrected chi connectivity index (χ1v) is 8.33. The Bertz CT molecular complexity index is 900. The summed E-state index contributed by atoms with van der Waals surface area (Å²) in [6.07, 6.45) is 1.78. The van der Waals surface area contributed by atoms with Crippen molar-refractivity contribution in [2.45, 2.75) is 13.5 Å². The average Bonchev–Trinajstić information content (AvgIpc) is 3.00. The molecule has 3 heterocycles. The third-order valence-corrected chi connectivity index (χ3v) is 4.71. The number of benzene rings is 1. The lowest BCUT2D eigenvalue weighted by Crippen LogP contribution is -2.46. The second-order valence-electron chi connectivity index (χ2n) is 6.37. The van der Waals surface area contributed by atoms with Crippen molar-refractivity contribution in [2.24, 2.45) is 0 Å². The average molecular weight is 343 g/mol. The smallest absolute Gasteiger partial charge is 0.139 e. The van der Waals surface area contributed by atoms with Gasteiger partial charge in [0.1, 0.15) is 17.5 Å². The molecule has 0 spiro atoms. The van der Waals surface area contributed by atoms with Crippen LogP contribution in [0.3, 0.4) is 0 Å². The van der Waals surface area contributed by atoms with Crippen LogP contribution >= 0.6 is 0 Å². The van der Waals surface area contributed by atoms with Crippen LogP contribution in [0.5, 0.6) is 0 Å². The maximum atomic E-state index is 13.8. The summed E-state index contributed by atoms with van der Waals surface area (Å²) < 4.78 is 27.2. The molecule has 7 heteroatoms. The van der Waals surface area contributed by atoms with Crippen molar-refractivity contribution in [1.82, 2.24) is 20.1 Å². The van der Waals surface area contributed by atoms with Crippen LogP contribution in [0.1, 0.15) is 11.3 Å². The van der Waals surface area contributed by atoms with E-state index in [2.05, 4.69) is 25.0 Å². The molecular formula is C18H19F2N5. The number of fused-ring (bicyclic) bond motifs is 1. The van der Waals surface area contributed by atoms with Gasteiger partial charge in [-0.2, -0.15) is 5.10 Å². The summed E-state index contributed by atoms with van der Waals surface area (Å²) in [5, 5.41) is 8.32. The van der Waals surface area contributed by atoms with E-state index in [0.717, 1.165) is 54.7 Å². The monoisotopic (exact) mass is 343 g/mol. The molecule has 3 aromatic rings. The molecule has 1 aromatic carbocycles. The zero-order chi connectivity index (χ0) is 17.4. The highest BCUT2D eigenvalue weighted by atomic mass is 19.1. The Morgan fingerprint density at radius 2 is 1.92 bits per heavy atom. The van der Waals surface area contributed by atoms with Crippen LogP contribution in [0.2, 0.25) is 0 Å². The Hall–Kier alpha value is -2.54. The first-order chi connectivity index (χ1) is 12.1. The molecule has 0 atom stereocenters. The lowest BCUT2D eigenvalue weighted by Gasteiger charge is -2.35. The summed E-state index contributed by atoms with van der Waals surface area (Å²) in [4.78, 5) is 8.90. The highest BCUT2D eigenvalue weighted by Crippen LogP contribution is 2.26. The minimum Gasteiger partial charge on any atom is -0.353 e. The SMILES string of the molecule is Cc1n[nH]c2ccnc(N3CCN(Cc4cc(F)ccc4F)CC3)c12. The van der Waals surface area contributed by atoms with E-state index in [1.165, 1.54) is 12.1 Å². The van der Waals surface area contributed by atoms with Crippen LogP contribution in [-0.4, -0.2) is 46.3 Å². The number of aromatic amines is 1. The molecular weight excluding hydrogens is 324 g/mol. The molecule has 1 saturated heterocycles. The molecule has 130 valence electrons. The predicted octanol–water partition coefficient (Wildman–Crippen LogP) is 2.87. The number of pyridine rings is 1. The molecule has 1 aliphatic rings. The number of aryl methyl sites for hydroxylation is 1.